The zero-order chi connectivity index (χ0) is 11.0. The molecule has 0 aliphatic carbocycles. The first-order chi connectivity index (χ1) is 7.11. The minimum absolute atomic E-state index is 0.181. The number of halogens is 1. The molecule has 1 aromatic rings. The maximum Gasteiger partial charge on any atom is 0.226 e. The van der Waals surface area contributed by atoms with E-state index in [1.807, 2.05) is 0 Å². The largest absolute Gasteiger partial charge is 0.286 e. The molecule has 76 valence electrons. The average Bonchev–Trinajstić information content (AvgIpc) is 2.73. The van der Waals surface area contributed by atoms with Crippen molar-refractivity contribution in [3.63, 3.8) is 0 Å². The number of carbonyl (C=O) groups is 1. The van der Waals surface area contributed by atoms with E-state index >= 15 is 0 Å². The van der Waals surface area contributed by atoms with Crippen molar-refractivity contribution in [1.82, 2.24) is 4.98 Å². The Hall–Kier alpha value is -1.26. The zero-order valence-electron chi connectivity index (χ0n) is 7.95. The normalized spacial score (nSPS) is 17.1. The second-order valence-electron chi connectivity index (χ2n) is 3.01. The molecule has 0 saturated carbocycles. The van der Waals surface area contributed by atoms with Gasteiger partial charge in [-0.15, -0.1) is 11.3 Å². The average molecular weight is 239 g/mol. The molecule has 1 aromatic heterocycles. The van der Waals surface area contributed by atoms with Crippen LogP contribution in [0.25, 0.3) is 0 Å². The van der Waals surface area contributed by atoms with Crippen molar-refractivity contribution in [2.75, 3.05) is 0 Å². The molecule has 15 heavy (non-hydrogen) atoms. The topological polar surface area (TPSA) is 42.3 Å². The highest BCUT2D eigenvalue weighted by Crippen LogP contribution is 2.26. The highest BCUT2D eigenvalue weighted by Gasteiger charge is 2.26. The number of allylic oxidation sites excluding steroid dienone is 2. The second kappa shape index (κ2) is 3.72. The maximum absolute atomic E-state index is 11.8. The lowest BCUT2D eigenvalue weighted by atomic mass is 10.1. The Morgan fingerprint density at radius 1 is 1.53 bits per heavy atom. The van der Waals surface area contributed by atoms with Gasteiger partial charge in [-0.05, 0) is 12.5 Å². The smallest absolute Gasteiger partial charge is 0.226 e. The van der Waals surface area contributed by atoms with Gasteiger partial charge >= 0.3 is 0 Å². The Morgan fingerprint density at radius 2 is 2.27 bits per heavy atom. The maximum atomic E-state index is 11.8. The summed E-state index contributed by atoms with van der Waals surface area (Å²) in [6.45, 7) is 5.46. The van der Waals surface area contributed by atoms with E-state index in [1.54, 1.807) is 18.5 Å². The van der Waals surface area contributed by atoms with Gasteiger partial charge < -0.3 is 0 Å². The molecule has 0 aromatic carbocycles. The van der Waals surface area contributed by atoms with Gasteiger partial charge in [0.05, 0.1) is 10.7 Å². The highest BCUT2D eigenvalue weighted by atomic mass is 35.5. The summed E-state index contributed by atoms with van der Waals surface area (Å²) in [6.07, 6.45) is 1.62. The molecule has 0 amide bonds. The molecule has 2 heterocycles. The number of nitrogens with zero attached hydrogens (tertiary/aromatic N) is 2. The van der Waals surface area contributed by atoms with Crippen molar-refractivity contribution >= 4 is 34.4 Å². The molecule has 0 atom stereocenters. The lowest BCUT2D eigenvalue weighted by Gasteiger charge is -2.12. The summed E-state index contributed by atoms with van der Waals surface area (Å²) >= 11 is 7.24. The Bertz CT molecular complexity index is 500. The molecular formula is C10H7ClN2OS. The number of thiazole rings is 1. The number of dihydropyridines is 1. The predicted octanol–water partition coefficient (Wildman–Crippen LogP) is 2.54. The van der Waals surface area contributed by atoms with E-state index in [1.165, 1.54) is 11.3 Å². The number of ketones is 1. The van der Waals surface area contributed by atoms with Crippen LogP contribution < -0.4 is 0 Å². The molecule has 3 nitrogen and oxygen atoms in total. The fourth-order valence-electron chi connectivity index (χ4n) is 1.16. The van der Waals surface area contributed by atoms with Crippen molar-refractivity contribution in [3.8, 4) is 0 Å². The van der Waals surface area contributed by atoms with Crippen LogP contribution in [0.5, 0.6) is 0 Å². The molecule has 2 rings (SSSR count). The van der Waals surface area contributed by atoms with E-state index in [0.29, 0.717) is 16.3 Å². The molecule has 0 saturated heterocycles. The van der Waals surface area contributed by atoms with E-state index in [9.17, 15) is 4.79 Å². The van der Waals surface area contributed by atoms with Crippen molar-refractivity contribution in [2.24, 2.45) is 4.99 Å². The van der Waals surface area contributed by atoms with Crippen LogP contribution in [0.2, 0.25) is 0 Å². The van der Waals surface area contributed by atoms with Crippen LogP contribution in [-0.2, 0) is 4.79 Å². The van der Waals surface area contributed by atoms with Crippen LogP contribution >= 0.6 is 22.9 Å². The number of aliphatic imine (C=N–C) groups is 1. The Balaban J connectivity index is 2.50. The number of hydrogen-bond donors (Lipinski definition) is 0. The molecule has 0 spiro atoms. The Labute approximate surface area is 95.8 Å². The number of rotatable bonds is 1. The van der Waals surface area contributed by atoms with Gasteiger partial charge in [0, 0.05) is 11.6 Å². The number of hydrogen-bond acceptors (Lipinski definition) is 4. The molecule has 0 fully saturated rings. The first-order valence-corrected chi connectivity index (χ1v) is 5.46. The molecule has 0 bridgehead atoms. The van der Waals surface area contributed by atoms with Gasteiger partial charge in [0.15, 0.2) is 0 Å². The molecule has 0 unspecified atom stereocenters. The van der Waals surface area contributed by atoms with Crippen molar-refractivity contribution in [3.05, 3.63) is 39.5 Å². The highest BCUT2D eigenvalue weighted by molar-refractivity contribution is 7.12. The molecule has 5 heteroatoms. The third-order valence-electron chi connectivity index (χ3n) is 2.06. The third-order valence-corrected chi connectivity index (χ3v) is 3.29. The van der Waals surface area contributed by atoms with Gasteiger partial charge in [0.2, 0.25) is 5.78 Å². The number of aromatic nitrogens is 1. The van der Waals surface area contributed by atoms with Gasteiger partial charge in [0.25, 0.3) is 0 Å². The summed E-state index contributed by atoms with van der Waals surface area (Å²) < 4.78 is 0. The van der Waals surface area contributed by atoms with Crippen LogP contribution in [0.15, 0.2) is 39.5 Å². The molecule has 1 aliphatic rings. The van der Waals surface area contributed by atoms with E-state index in [-0.39, 0.29) is 16.5 Å². The summed E-state index contributed by atoms with van der Waals surface area (Å²) in [5, 5.41) is 2.54. The number of carbonyl (C=O) groups excluding carboxylic acids is 1. The van der Waals surface area contributed by atoms with Crippen molar-refractivity contribution in [1.29, 1.82) is 0 Å². The van der Waals surface area contributed by atoms with Gasteiger partial charge in [-0.1, -0.05) is 18.2 Å². The van der Waals surface area contributed by atoms with E-state index in [4.69, 9.17) is 11.6 Å². The number of Topliss-reactive ketones (excluding diaryl/α,β-unsaturated/α-hetero) is 1. The monoisotopic (exact) mass is 238 g/mol. The standard InChI is InChI=1S/C10H7ClN2OS/c1-5-6(2)13-8(9(14)7(5)11)10-12-3-4-15-10/h3-4H,2H2,1H3. The first-order valence-electron chi connectivity index (χ1n) is 4.20. The Morgan fingerprint density at radius 3 is 2.87 bits per heavy atom. The van der Waals surface area contributed by atoms with Gasteiger partial charge in [0.1, 0.15) is 10.7 Å². The molecular weight excluding hydrogens is 232 g/mol. The van der Waals surface area contributed by atoms with Crippen molar-refractivity contribution in [2.45, 2.75) is 6.92 Å². The van der Waals surface area contributed by atoms with Crippen LogP contribution in [0, 0.1) is 0 Å². The van der Waals surface area contributed by atoms with Crippen LogP contribution in [0.1, 0.15) is 11.9 Å². The van der Waals surface area contributed by atoms with Crippen LogP contribution in [0.4, 0.5) is 0 Å². The van der Waals surface area contributed by atoms with Gasteiger partial charge in [-0.25, -0.2) is 9.98 Å². The predicted molar refractivity (Wildman–Crippen MR) is 61.4 cm³/mol. The quantitative estimate of drug-likeness (QED) is 0.755. The second-order valence-corrected chi connectivity index (χ2v) is 4.28. The first kappa shape index (κ1) is 10.3. The minimum Gasteiger partial charge on any atom is -0.286 e. The molecule has 0 N–H and O–H groups in total. The molecule has 0 radical (unpaired) electrons. The summed E-state index contributed by atoms with van der Waals surface area (Å²) in [5.74, 6) is -0.281. The summed E-state index contributed by atoms with van der Waals surface area (Å²) in [6, 6.07) is 0. The lowest BCUT2D eigenvalue weighted by Crippen LogP contribution is -2.20. The summed E-state index contributed by atoms with van der Waals surface area (Å²) in [7, 11) is 0. The van der Waals surface area contributed by atoms with E-state index in [2.05, 4.69) is 16.6 Å². The van der Waals surface area contributed by atoms with Gasteiger partial charge in [-0.2, -0.15) is 0 Å². The summed E-state index contributed by atoms with van der Waals surface area (Å²) in [4.78, 5) is 19.9. The fraction of sp³-hybridized carbons (Fsp3) is 0.100. The van der Waals surface area contributed by atoms with Crippen LogP contribution in [-0.4, -0.2) is 16.5 Å². The third kappa shape index (κ3) is 1.66. The zero-order valence-corrected chi connectivity index (χ0v) is 9.52. The fourth-order valence-corrected chi connectivity index (χ4v) is 1.98. The van der Waals surface area contributed by atoms with Crippen molar-refractivity contribution < 1.29 is 4.79 Å². The molecule has 1 aliphatic heterocycles. The lowest BCUT2D eigenvalue weighted by molar-refractivity contribution is -0.109. The van der Waals surface area contributed by atoms with Crippen LogP contribution in [0.3, 0.4) is 0 Å². The Kier molecular flexibility index (Phi) is 2.54. The SMILES string of the molecule is C=C1N=C(c2nccs2)C(=O)C(Cl)=C1C. The summed E-state index contributed by atoms with van der Waals surface area (Å²) in [5.41, 5.74) is 1.43. The van der Waals surface area contributed by atoms with E-state index in [0.717, 1.165) is 0 Å². The van der Waals surface area contributed by atoms with Gasteiger partial charge in [-0.3, -0.25) is 4.79 Å². The minimum atomic E-state index is -0.281. The van der Waals surface area contributed by atoms with E-state index < -0.39 is 0 Å².